The molecule has 1 N–H and O–H groups in total. The fourth-order valence-electron chi connectivity index (χ4n) is 3.31. The number of anilines is 2. The molecule has 6 heteroatoms. The van der Waals surface area contributed by atoms with Crippen LogP contribution in [0.5, 0.6) is 0 Å². The largest absolute Gasteiger partial charge is 0.332 e. The maximum Gasteiger partial charge on any atom is 0.187 e. The second-order valence-electron chi connectivity index (χ2n) is 7.21. The molecule has 0 bridgehead atoms. The molecule has 0 saturated carbocycles. The number of hydrogen-bond donors (Lipinski definition) is 1. The number of benzene rings is 3. The van der Waals surface area contributed by atoms with E-state index >= 15 is 0 Å². The summed E-state index contributed by atoms with van der Waals surface area (Å²) in [6.45, 7) is 2.08. The van der Waals surface area contributed by atoms with E-state index in [1.165, 1.54) is 5.56 Å². The summed E-state index contributed by atoms with van der Waals surface area (Å²) >= 11 is 7.68. The molecular formula is C25H19ClN4S. The molecule has 0 unspecified atom stereocenters. The zero-order valence-corrected chi connectivity index (χ0v) is 18.4. The molecule has 0 radical (unpaired) electrons. The molecule has 2 aromatic heterocycles. The molecule has 0 aliphatic rings. The minimum Gasteiger partial charge on any atom is -0.332 e. The fraction of sp³-hybridized carbons (Fsp3) is 0.0400. The first-order valence-electron chi connectivity index (χ1n) is 9.86. The molecule has 0 saturated heterocycles. The normalized spacial score (nSPS) is 10.9. The van der Waals surface area contributed by atoms with Crippen molar-refractivity contribution >= 4 is 33.8 Å². The van der Waals surface area contributed by atoms with Crippen molar-refractivity contribution in [1.29, 1.82) is 0 Å². The Kier molecular flexibility index (Phi) is 5.28. The summed E-state index contributed by atoms with van der Waals surface area (Å²) in [5.41, 5.74) is 6.96. The highest BCUT2D eigenvalue weighted by Crippen LogP contribution is 2.35. The van der Waals surface area contributed by atoms with Crippen molar-refractivity contribution in [3.8, 4) is 28.2 Å². The van der Waals surface area contributed by atoms with Gasteiger partial charge < -0.3 is 5.32 Å². The molecule has 0 atom stereocenters. The van der Waals surface area contributed by atoms with Crippen LogP contribution in [0.2, 0.25) is 5.02 Å². The summed E-state index contributed by atoms with van der Waals surface area (Å²) in [5.74, 6) is 0. The van der Waals surface area contributed by atoms with Gasteiger partial charge in [-0.2, -0.15) is 5.10 Å². The first kappa shape index (κ1) is 19.5. The lowest BCUT2D eigenvalue weighted by molar-refractivity contribution is 0.884. The topological polar surface area (TPSA) is 42.7 Å². The minimum atomic E-state index is 0.700. The Morgan fingerprint density at radius 1 is 0.903 bits per heavy atom. The third kappa shape index (κ3) is 4.24. The number of para-hydroxylation sites is 1. The van der Waals surface area contributed by atoms with Gasteiger partial charge in [-0.1, -0.05) is 59.6 Å². The van der Waals surface area contributed by atoms with E-state index in [0.717, 1.165) is 39.0 Å². The van der Waals surface area contributed by atoms with E-state index in [2.05, 4.69) is 41.9 Å². The summed E-state index contributed by atoms with van der Waals surface area (Å²) in [6.07, 6.45) is 2.03. The highest BCUT2D eigenvalue weighted by Gasteiger charge is 2.17. The van der Waals surface area contributed by atoms with Gasteiger partial charge in [0.25, 0.3) is 0 Å². The number of aromatic nitrogens is 3. The van der Waals surface area contributed by atoms with Gasteiger partial charge in [0.2, 0.25) is 0 Å². The molecule has 0 spiro atoms. The lowest BCUT2D eigenvalue weighted by Crippen LogP contribution is -1.93. The number of halogens is 1. The predicted molar refractivity (Wildman–Crippen MR) is 130 cm³/mol. The van der Waals surface area contributed by atoms with Gasteiger partial charge in [0.05, 0.1) is 11.4 Å². The molecule has 0 fully saturated rings. The Bertz CT molecular complexity index is 1310. The summed E-state index contributed by atoms with van der Waals surface area (Å²) in [6, 6.07) is 26.1. The lowest BCUT2D eigenvalue weighted by atomic mass is 10.1. The van der Waals surface area contributed by atoms with Crippen LogP contribution in [0, 0.1) is 6.92 Å². The van der Waals surface area contributed by atoms with E-state index in [9.17, 15) is 0 Å². The van der Waals surface area contributed by atoms with Gasteiger partial charge in [-0.15, -0.1) is 11.3 Å². The zero-order chi connectivity index (χ0) is 21.2. The van der Waals surface area contributed by atoms with Crippen molar-refractivity contribution < 1.29 is 0 Å². The van der Waals surface area contributed by atoms with Crippen LogP contribution in [0.1, 0.15) is 5.56 Å². The molecule has 0 aliphatic heterocycles. The van der Waals surface area contributed by atoms with E-state index in [0.29, 0.717) is 5.02 Å². The third-order valence-electron chi connectivity index (χ3n) is 4.94. The molecule has 31 heavy (non-hydrogen) atoms. The second-order valence-corrected chi connectivity index (χ2v) is 8.50. The molecule has 152 valence electrons. The Morgan fingerprint density at radius 2 is 1.65 bits per heavy atom. The highest BCUT2D eigenvalue weighted by molar-refractivity contribution is 7.14. The number of hydrogen-bond acceptors (Lipinski definition) is 4. The Labute approximate surface area is 189 Å². The van der Waals surface area contributed by atoms with Gasteiger partial charge >= 0.3 is 0 Å². The van der Waals surface area contributed by atoms with Crippen LogP contribution < -0.4 is 5.32 Å². The summed E-state index contributed by atoms with van der Waals surface area (Å²) < 4.78 is 1.89. The van der Waals surface area contributed by atoms with Gasteiger partial charge in [0.15, 0.2) is 5.13 Å². The van der Waals surface area contributed by atoms with E-state index in [-0.39, 0.29) is 0 Å². The predicted octanol–water partition coefficient (Wildman–Crippen LogP) is 7.37. The van der Waals surface area contributed by atoms with Crippen molar-refractivity contribution in [2.75, 3.05) is 5.32 Å². The number of aryl methyl sites for hydroxylation is 1. The van der Waals surface area contributed by atoms with Crippen LogP contribution in [0.3, 0.4) is 0 Å². The van der Waals surface area contributed by atoms with Crippen LogP contribution >= 0.6 is 22.9 Å². The molecule has 4 nitrogen and oxygen atoms in total. The van der Waals surface area contributed by atoms with E-state index in [1.807, 2.05) is 65.5 Å². The Balaban J connectivity index is 1.54. The quantitative estimate of drug-likeness (QED) is 0.309. The van der Waals surface area contributed by atoms with Gasteiger partial charge in [-0.05, 0) is 43.3 Å². The number of nitrogens with one attached hydrogen (secondary N) is 1. The molecule has 0 aliphatic carbocycles. The first-order chi connectivity index (χ1) is 15.2. The van der Waals surface area contributed by atoms with Gasteiger partial charge in [-0.25, -0.2) is 9.67 Å². The summed E-state index contributed by atoms with van der Waals surface area (Å²) in [5, 5.41) is 11.9. The molecule has 3 aromatic carbocycles. The lowest BCUT2D eigenvalue weighted by Gasteiger charge is -2.03. The van der Waals surface area contributed by atoms with E-state index in [4.69, 9.17) is 21.7 Å². The van der Waals surface area contributed by atoms with Crippen LogP contribution in [0.4, 0.5) is 10.8 Å². The summed E-state index contributed by atoms with van der Waals surface area (Å²) in [4.78, 5) is 4.84. The SMILES string of the molecule is Cc1ccc(Nc2nc(-c3cn(-c4ccccc4)nc3-c3ccc(Cl)cc3)cs2)cc1. The van der Waals surface area contributed by atoms with Crippen molar-refractivity contribution in [3.63, 3.8) is 0 Å². The average molecular weight is 443 g/mol. The molecular weight excluding hydrogens is 424 g/mol. The number of nitrogens with zero attached hydrogens (tertiary/aromatic N) is 3. The van der Waals surface area contributed by atoms with Crippen molar-refractivity contribution in [2.24, 2.45) is 0 Å². The van der Waals surface area contributed by atoms with Crippen LogP contribution in [-0.4, -0.2) is 14.8 Å². The standard InChI is InChI=1S/C25H19ClN4S/c1-17-7-13-20(14-8-17)27-25-28-23(16-31-25)22-15-30(21-5-3-2-4-6-21)29-24(22)18-9-11-19(26)12-10-18/h2-16H,1H3,(H,27,28). The monoisotopic (exact) mass is 442 g/mol. The third-order valence-corrected chi connectivity index (χ3v) is 5.95. The van der Waals surface area contributed by atoms with Crippen LogP contribution in [-0.2, 0) is 0 Å². The van der Waals surface area contributed by atoms with Crippen LogP contribution in [0.25, 0.3) is 28.2 Å². The molecule has 5 aromatic rings. The van der Waals surface area contributed by atoms with Gasteiger partial charge in [0, 0.05) is 33.4 Å². The van der Waals surface area contributed by atoms with Gasteiger partial charge in [0.1, 0.15) is 5.69 Å². The van der Waals surface area contributed by atoms with Crippen molar-refractivity contribution in [3.05, 3.63) is 101 Å². The van der Waals surface area contributed by atoms with Crippen molar-refractivity contribution in [2.45, 2.75) is 6.92 Å². The highest BCUT2D eigenvalue weighted by atomic mass is 35.5. The molecule has 2 heterocycles. The smallest absolute Gasteiger partial charge is 0.187 e. The second kappa shape index (κ2) is 8.38. The van der Waals surface area contributed by atoms with Gasteiger partial charge in [-0.3, -0.25) is 0 Å². The minimum absolute atomic E-state index is 0.700. The van der Waals surface area contributed by atoms with E-state index in [1.54, 1.807) is 11.3 Å². The maximum absolute atomic E-state index is 6.10. The molecule has 5 rings (SSSR count). The Morgan fingerprint density at radius 3 is 2.39 bits per heavy atom. The summed E-state index contributed by atoms with van der Waals surface area (Å²) in [7, 11) is 0. The fourth-order valence-corrected chi connectivity index (χ4v) is 4.17. The molecule has 0 amide bonds. The van der Waals surface area contributed by atoms with Crippen LogP contribution in [0.15, 0.2) is 90.4 Å². The number of thiazole rings is 1. The number of rotatable bonds is 5. The van der Waals surface area contributed by atoms with Crippen molar-refractivity contribution in [1.82, 2.24) is 14.8 Å². The Hall–Kier alpha value is -3.41. The maximum atomic E-state index is 6.10. The first-order valence-corrected chi connectivity index (χ1v) is 11.1. The average Bonchev–Trinajstić information content (AvgIpc) is 3.44. The van der Waals surface area contributed by atoms with E-state index < -0.39 is 0 Å². The zero-order valence-electron chi connectivity index (χ0n) is 16.8.